The summed E-state index contributed by atoms with van der Waals surface area (Å²) in [5.41, 5.74) is 3.29. The Morgan fingerprint density at radius 1 is 1.50 bits per heavy atom. The molecule has 0 heterocycles. The van der Waals surface area contributed by atoms with Crippen LogP contribution in [0.2, 0.25) is 0 Å². The van der Waals surface area contributed by atoms with Gasteiger partial charge in [0.15, 0.2) is 0 Å². The molecule has 0 saturated heterocycles. The van der Waals surface area contributed by atoms with Gasteiger partial charge in [-0.15, -0.1) is 0 Å². The Balaban J connectivity index is 3.14. The highest BCUT2D eigenvalue weighted by molar-refractivity contribution is 6.03. The third kappa shape index (κ3) is 2.85. The number of nitro groups is 1. The first-order chi connectivity index (χ1) is 9.23. The van der Waals surface area contributed by atoms with Gasteiger partial charge in [0.2, 0.25) is 0 Å². The molecule has 0 spiro atoms. The molecule has 0 fully saturated rings. The van der Waals surface area contributed by atoms with E-state index in [0.717, 1.165) is 0 Å². The number of nitrogens with one attached hydrogen (secondary N) is 1. The van der Waals surface area contributed by atoms with Gasteiger partial charge in [0.1, 0.15) is 11.2 Å². The van der Waals surface area contributed by atoms with Crippen molar-refractivity contribution in [1.29, 1.82) is 0 Å². The molecule has 0 aliphatic carbocycles. The molecule has 4 N–H and O–H groups in total. The normalized spacial score (nSPS) is 13.3. The van der Waals surface area contributed by atoms with Gasteiger partial charge in [-0.3, -0.25) is 14.9 Å². The standard InChI is InChI=1S/C12H15N3O5/c1-3-12(2,11(17)18)14-10(16)7-5-4-6-8(9(7)13)15(19)20/h4-6H,3,13H2,1-2H3,(H,14,16)(H,17,18). The number of carboxylic acids is 1. The second-order valence-electron chi connectivity index (χ2n) is 4.44. The number of para-hydroxylation sites is 1. The van der Waals surface area contributed by atoms with E-state index in [1.165, 1.54) is 25.1 Å². The second-order valence-corrected chi connectivity index (χ2v) is 4.44. The fourth-order valence-electron chi connectivity index (χ4n) is 1.52. The molecule has 0 radical (unpaired) electrons. The summed E-state index contributed by atoms with van der Waals surface area (Å²) in [6, 6.07) is 3.78. The lowest BCUT2D eigenvalue weighted by Crippen LogP contribution is -2.51. The van der Waals surface area contributed by atoms with E-state index in [4.69, 9.17) is 10.8 Å². The Morgan fingerprint density at radius 2 is 2.10 bits per heavy atom. The smallest absolute Gasteiger partial charge is 0.329 e. The molecule has 1 unspecified atom stereocenters. The van der Waals surface area contributed by atoms with Gasteiger partial charge >= 0.3 is 5.97 Å². The van der Waals surface area contributed by atoms with Gasteiger partial charge in [0, 0.05) is 6.07 Å². The Hall–Kier alpha value is -2.64. The number of rotatable bonds is 5. The van der Waals surface area contributed by atoms with E-state index in [-0.39, 0.29) is 17.7 Å². The zero-order valence-corrected chi connectivity index (χ0v) is 11.0. The van der Waals surface area contributed by atoms with Crippen LogP contribution in [0.1, 0.15) is 30.6 Å². The maximum absolute atomic E-state index is 12.0. The fraction of sp³-hybridized carbons (Fsp3) is 0.333. The zero-order valence-electron chi connectivity index (χ0n) is 11.0. The molecule has 1 aromatic carbocycles. The Labute approximate surface area is 114 Å². The van der Waals surface area contributed by atoms with Crippen LogP contribution in [0.15, 0.2) is 18.2 Å². The number of carbonyl (C=O) groups is 2. The summed E-state index contributed by atoms with van der Waals surface area (Å²) in [6.07, 6.45) is 0.156. The Bertz CT molecular complexity index is 572. The van der Waals surface area contributed by atoms with Crippen molar-refractivity contribution in [3.63, 3.8) is 0 Å². The summed E-state index contributed by atoms with van der Waals surface area (Å²) in [6.45, 7) is 2.95. The van der Waals surface area contributed by atoms with Crippen molar-refractivity contribution in [1.82, 2.24) is 5.32 Å². The molecule has 8 nitrogen and oxygen atoms in total. The van der Waals surface area contributed by atoms with Crippen LogP contribution in [0, 0.1) is 10.1 Å². The molecular formula is C12H15N3O5. The molecule has 20 heavy (non-hydrogen) atoms. The van der Waals surface area contributed by atoms with Crippen LogP contribution in [0.3, 0.4) is 0 Å². The first-order valence-corrected chi connectivity index (χ1v) is 5.81. The van der Waals surface area contributed by atoms with E-state index in [0.29, 0.717) is 0 Å². The third-order valence-corrected chi connectivity index (χ3v) is 3.09. The van der Waals surface area contributed by atoms with Crippen LogP contribution < -0.4 is 11.1 Å². The number of nitrogens with zero attached hydrogens (tertiary/aromatic N) is 1. The molecular weight excluding hydrogens is 266 g/mol. The van der Waals surface area contributed by atoms with Crippen LogP contribution in [-0.2, 0) is 4.79 Å². The molecule has 0 aromatic heterocycles. The van der Waals surface area contributed by atoms with Gasteiger partial charge in [-0.25, -0.2) is 4.79 Å². The number of amides is 1. The Kier molecular flexibility index (Phi) is 4.28. The van der Waals surface area contributed by atoms with Crippen LogP contribution in [-0.4, -0.2) is 27.4 Å². The fourth-order valence-corrected chi connectivity index (χ4v) is 1.52. The monoisotopic (exact) mass is 281 g/mol. The number of nitro benzene ring substituents is 1. The van der Waals surface area contributed by atoms with Crippen LogP contribution in [0.4, 0.5) is 11.4 Å². The number of nitrogen functional groups attached to an aromatic ring is 1. The molecule has 1 rings (SSSR count). The number of carboxylic acid groups (broad SMARTS) is 1. The molecule has 1 aromatic rings. The average Bonchev–Trinajstić information content (AvgIpc) is 2.37. The van der Waals surface area contributed by atoms with Crippen molar-refractivity contribution in [2.75, 3.05) is 5.73 Å². The minimum atomic E-state index is -1.46. The summed E-state index contributed by atoms with van der Waals surface area (Å²) < 4.78 is 0. The predicted octanol–water partition coefficient (Wildman–Crippen LogP) is 1.16. The quantitative estimate of drug-likeness (QED) is 0.421. The van der Waals surface area contributed by atoms with Crippen LogP contribution in [0.25, 0.3) is 0 Å². The van der Waals surface area contributed by atoms with E-state index in [1.807, 2.05) is 0 Å². The van der Waals surface area contributed by atoms with Crippen molar-refractivity contribution in [3.8, 4) is 0 Å². The number of hydrogen-bond donors (Lipinski definition) is 3. The maximum Gasteiger partial charge on any atom is 0.329 e. The maximum atomic E-state index is 12.0. The van der Waals surface area contributed by atoms with Crippen LogP contribution in [0.5, 0.6) is 0 Å². The SMILES string of the molecule is CCC(C)(NC(=O)c1cccc([N+](=O)[O-])c1N)C(=O)O. The van der Waals surface area contributed by atoms with Gasteiger partial charge in [-0.05, 0) is 19.4 Å². The van der Waals surface area contributed by atoms with Gasteiger partial charge in [0.05, 0.1) is 10.5 Å². The molecule has 0 bridgehead atoms. The second kappa shape index (κ2) is 5.55. The molecule has 1 atom stereocenters. The number of aliphatic carboxylic acids is 1. The van der Waals surface area contributed by atoms with E-state index in [9.17, 15) is 19.7 Å². The number of nitrogens with two attached hydrogens (primary N) is 1. The lowest BCUT2D eigenvalue weighted by molar-refractivity contribution is -0.383. The molecule has 0 aliphatic rings. The highest BCUT2D eigenvalue weighted by Gasteiger charge is 2.34. The zero-order chi connectivity index (χ0) is 15.5. The lowest BCUT2D eigenvalue weighted by Gasteiger charge is -2.24. The van der Waals surface area contributed by atoms with Gasteiger partial charge in [-0.1, -0.05) is 13.0 Å². The van der Waals surface area contributed by atoms with Gasteiger partial charge < -0.3 is 16.2 Å². The Morgan fingerprint density at radius 3 is 2.55 bits per heavy atom. The van der Waals surface area contributed by atoms with Crippen molar-refractivity contribution in [3.05, 3.63) is 33.9 Å². The van der Waals surface area contributed by atoms with E-state index in [1.54, 1.807) is 6.92 Å². The average molecular weight is 281 g/mol. The van der Waals surface area contributed by atoms with Crippen molar-refractivity contribution >= 4 is 23.3 Å². The lowest BCUT2D eigenvalue weighted by atomic mass is 9.98. The number of benzene rings is 1. The predicted molar refractivity (Wildman–Crippen MR) is 71.3 cm³/mol. The summed E-state index contributed by atoms with van der Waals surface area (Å²) in [5.74, 6) is -1.96. The van der Waals surface area contributed by atoms with Crippen molar-refractivity contribution in [2.24, 2.45) is 0 Å². The van der Waals surface area contributed by atoms with Crippen molar-refractivity contribution in [2.45, 2.75) is 25.8 Å². The third-order valence-electron chi connectivity index (χ3n) is 3.09. The minimum Gasteiger partial charge on any atom is -0.480 e. The molecule has 108 valence electrons. The summed E-state index contributed by atoms with van der Waals surface area (Å²) in [7, 11) is 0. The van der Waals surface area contributed by atoms with Gasteiger partial charge in [0.25, 0.3) is 11.6 Å². The molecule has 0 aliphatic heterocycles. The summed E-state index contributed by atoms with van der Waals surface area (Å²) in [5, 5.41) is 22.2. The minimum absolute atomic E-state index is 0.125. The molecule has 8 heteroatoms. The molecule has 0 saturated carbocycles. The summed E-state index contributed by atoms with van der Waals surface area (Å²) >= 11 is 0. The number of anilines is 1. The van der Waals surface area contributed by atoms with Gasteiger partial charge in [-0.2, -0.15) is 0 Å². The van der Waals surface area contributed by atoms with Crippen LogP contribution >= 0.6 is 0 Å². The topological polar surface area (TPSA) is 136 Å². The number of carbonyl (C=O) groups excluding carboxylic acids is 1. The largest absolute Gasteiger partial charge is 0.480 e. The van der Waals surface area contributed by atoms with Crippen molar-refractivity contribution < 1.29 is 19.6 Å². The summed E-state index contributed by atoms with van der Waals surface area (Å²) in [4.78, 5) is 33.2. The van der Waals surface area contributed by atoms with E-state index >= 15 is 0 Å². The highest BCUT2D eigenvalue weighted by Crippen LogP contribution is 2.25. The first kappa shape index (κ1) is 15.4. The van der Waals surface area contributed by atoms with E-state index < -0.39 is 28.0 Å². The number of hydrogen-bond acceptors (Lipinski definition) is 5. The first-order valence-electron chi connectivity index (χ1n) is 5.81. The van der Waals surface area contributed by atoms with E-state index in [2.05, 4.69) is 5.32 Å². The molecule has 1 amide bonds. The highest BCUT2D eigenvalue weighted by atomic mass is 16.6.